The highest BCUT2D eigenvalue weighted by molar-refractivity contribution is 6.04. The first-order valence-electron chi connectivity index (χ1n) is 11.9. The summed E-state index contributed by atoms with van der Waals surface area (Å²) in [4.78, 5) is 23.4. The quantitative estimate of drug-likeness (QED) is 0.334. The first kappa shape index (κ1) is 22.8. The molecule has 6 rings (SSSR count). The van der Waals surface area contributed by atoms with E-state index in [0.717, 1.165) is 56.5 Å². The summed E-state index contributed by atoms with van der Waals surface area (Å²) >= 11 is 0. The Bertz CT molecular complexity index is 1670. The maximum absolute atomic E-state index is 6.53. The van der Waals surface area contributed by atoms with E-state index in [0.29, 0.717) is 13.1 Å². The average Bonchev–Trinajstić information content (AvgIpc) is 3.56. The van der Waals surface area contributed by atoms with Crippen molar-refractivity contribution in [2.45, 2.75) is 20.0 Å². The van der Waals surface area contributed by atoms with Gasteiger partial charge in [-0.3, -0.25) is 9.97 Å². The van der Waals surface area contributed by atoms with Gasteiger partial charge in [0.05, 0.1) is 17.1 Å². The lowest BCUT2D eigenvalue weighted by atomic mass is 10.00. The molecule has 0 saturated heterocycles. The molecule has 0 aliphatic heterocycles. The molecule has 37 heavy (non-hydrogen) atoms. The van der Waals surface area contributed by atoms with E-state index >= 15 is 0 Å². The van der Waals surface area contributed by atoms with Crippen LogP contribution in [0.1, 0.15) is 17.1 Å². The molecule has 1 aromatic carbocycles. The third kappa shape index (κ3) is 4.77. The van der Waals surface area contributed by atoms with E-state index in [4.69, 9.17) is 17.9 Å². The van der Waals surface area contributed by atoms with Crippen LogP contribution in [0.15, 0.2) is 91.6 Å². The van der Waals surface area contributed by atoms with Gasteiger partial charge < -0.3 is 9.79 Å². The third-order valence-corrected chi connectivity index (χ3v) is 6.16. The van der Waals surface area contributed by atoms with Gasteiger partial charge in [0, 0.05) is 48.5 Å². The van der Waals surface area contributed by atoms with Crippen molar-refractivity contribution in [3.63, 3.8) is 0 Å². The van der Waals surface area contributed by atoms with Crippen LogP contribution in [0.3, 0.4) is 0 Å². The van der Waals surface area contributed by atoms with E-state index in [1.54, 1.807) is 15.5 Å². The maximum Gasteiger partial charge on any atom is 0.183 e. The Morgan fingerprint density at radius 2 is 1.84 bits per heavy atom. The Hall–Kier alpha value is -4.63. The average molecular weight is 482 g/mol. The summed E-state index contributed by atoms with van der Waals surface area (Å²) in [6, 6.07) is 22.1. The lowest BCUT2D eigenvalue weighted by molar-refractivity contribution is 0.433. The van der Waals surface area contributed by atoms with E-state index in [9.17, 15) is 0 Å². The van der Waals surface area contributed by atoms with Gasteiger partial charge in [-0.05, 0) is 48.4 Å². The second-order valence-corrected chi connectivity index (χ2v) is 8.86. The van der Waals surface area contributed by atoms with Crippen LogP contribution < -0.4 is 0 Å². The summed E-state index contributed by atoms with van der Waals surface area (Å²) in [5, 5.41) is 4.28. The SMILES string of the molecule is [B]N(Cc1nc(-c2ccc3ncnn3c2)c(-c2cccc(C)n2)[nH]1)Cc1ccccc1-c1cccnc1. The first-order valence-corrected chi connectivity index (χ1v) is 11.9. The van der Waals surface area contributed by atoms with Crippen molar-refractivity contribution in [2.24, 2.45) is 0 Å². The first-order chi connectivity index (χ1) is 18.1. The largest absolute Gasteiger partial charge is 0.344 e. The topological polar surface area (TPSA) is 87.9 Å². The van der Waals surface area contributed by atoms with Crippen molar-refractivity contribution in [2.75, 3.05) is 0 Å². The minimum absolute atomic E-state index is 0.422. The van der Waals surface area contributed by atoms with Gasteiger partial charge in [-0.2, -0.15) is 5.10 Å². The molecule has 178 valence electrons. The predicted octanol–water partition coefficient (Wildman–Crippen LogP) is 4.64. The molecule has 2 radical (unpaired) electrons. The van der Waals surface area contributed by atoms with Gasteiger partial charge >= 0.3 is 0 Å². The zero-order chi connectivity index (χ0) is 25.2. The van der Waals surface area contributed by atoms with E-state index in [2.05, 4.69) is 38.2 Å². The summed E-state index contributed by atoms with van der Waals surface area (Å²) in [5.41, 5.74) is 8.33. The second kappa shape index (κ2) is 9.79. The minimum Gasteiger partial charge on any atom is -0.344 e. The number of H-pyrrole nitrogens is 1. The van der Waals surface area contributed by atoms with Crippen LogP contribution in [0.2, 0.25) is 0 Å². The molecule has 0 fully saturated rings. The molecule has 9 heteroatoms. The Labute approximate surface area is 215 Å². The predicted molar refractivity (Wildman–Crippen MR) is 143 cm³/mol. The fourth-order valence-electron chi connectivity index (χ4n) is 4.46. The lowest BCUT2D eigenvalue weighted by Crippen LogP contribution is -2.20. The van der Waals surface area contributed by atoms with Gasteiger partial charge in [-0.15, -0.1) is 0 Å². The van der Waals surface area contributed by atoms with Gasteiger partial charge in [-0.25, -0.2) is 14.5 Å². The Balaban J connectivity index is 1.33. The molecule has 0 aliphatic carbocycles. The molecular formula is C28H23BN8. The van der Waals surface area contributed by atoms with Gasteiger partial charge in [-0.1, -0.05) is 36.4 Å². The van der Waals surface area contributed by atoms with Gasteiger partial charge in [0.25, 0.3) is 0 Å². The number of fused-ring (bicyclic) bond motifs is 1. The highest BCUT2D eigenvalue weighted by atomic mass is 15.3. The number of imidazole rings is 1. The lowest BCUT2D eigenvalue weighted by Gasteiger charge is -2.18. The van der Waals surface area contributed by atoms with Gasteiger partial charge in [0.2, 0.25) is 0 Å². The number of nitrogens with one attached hydrogen (secondary N) is 1. The van der Waals surface area contributed by atoms with Crippen LogP contribution in [-0.4, -0.2) is 47.3 Å². The van der Waals surface area contributed by atoms with Crippen LogP contribution in [0, 0.1) is 6.92 Å². The Morgan fingerprint density at radius 1 is 0.919 bits per heavy atom. The third-order valence-electron chi connectivity index (χ3n) is 6.16. The molecule has 0 unspecified atom stereocenters. The monoisotopic (exact) mass is 482 g/mol. The Morgan fingerprint density at radius 3 is 2.70 bits per heavy atom. The van der Waals surface area contributed by atoms with Crippen LogP contribution in [0.25, 0.3) is 39.4 Å². The van der Waals surface area contributed by atoms with Crippen molar-refractivity contribution in [1.29, 1.82) is 0 Å². The molecule has 0 amide bonds. The smallest absolute Gasteiger partial charge is 0.183 e. The van der Waals surface area contributed by atoms with Gasteiger partial charge in [0.15, 0.2) is 13.6 Å². The van der Waals surface area contributed by atoms with Crippen LogP contribution in [-0.2, 0) is 13.1 Å². The van der Waals surface area contributed by atoms with Crippen molar-refractivity contribution in [3.05, 3.63) is 109 Å². The number of benzene rings is 1. The maximum atomic E-state index is 6.53. The molecule has 0 bridgehead atoms. The number of nitrogens with zero attached hydrogens (tertiary/aromatic N) is 7. The number of rotatable bonds is 7. The summed E-state index contributed by atoms with van der Waals surface area (Å²) in [5.74, 6) is 0.744. The minimum atomic E-state index is 0.422. The number of aryl methyl sites for hydroxylation is 1. The summed E-state index contributed by atoms with van der Waals surface area (Å²) in [6.45, 7) is 2.94. The fraction of sp³-hybridized carbons (Fsp3) is 0.107. The van der Waals surface area contributed by atoms with Crippen molar-refractivity contribution in [1.82, 2.24) is 39.3 Å². The molecule has 0 saturated carbocycles. The number of aromatic amines is 1. The highest BCUT2D eigenvalue weighted by Gasteiger charge is 2.18. The highest BCUT2D eigenvalue weighted by Crippen LogP contribution is 2.30. The van der Waals surface area contributed by atoms with Crippen molar-refractivity contribution < 1.29 is 0 Å². The molecular weight excluding hydrogens is 459 g/mol. The standard InChI is InChI=1S/C28H23BN8/c1-19-6-4-10-24(33-19)28-27(22-11-12-26-31-18-32-37(26)16-22)34-25(35-28)17-36(29)15-21-7-2-3-9-23(21)20-8-5-13-30-14-20/h2-14,16,18H,15,17H2,1H3,(H,34,35). The summed E-state index contributed by atoms with van der Waals surface area (Å²) < 4.78 is 1.74. The summed E-state index contributed by atoms with van der Waals surface area (Å²) in [6.07, 6.45) is 7.10. The molecule has 5 aromatic heterocycles. The Kier molecular flexibility index (Phi) is 6.04. The zero-order valence-electron chi connectivity index (χ0n) is 20.3. The molecule has 0 spiro atoms. The number of hydrogen-bond acceptors (Lipinski definition) is 6. The van der Waals surface area contributed by atoms with Crippen LogP contribution in [0.5, 0.6) is 0 Å². The van der Waals surface area contributed by atoms with Crippen molar-refractivity contribution in [3.8, 4) is 33.8 Å². The van der Waals surface area contributed by atoms with Crippen molar-refractivity contribution >= 4 is 13.6 Å². The van der Waals surface area contributed by atoms with Crippen LogP contribution >= 0.6 is 0 Å². The zero-order valence-corrected chi connectivity index (χ0v) is 20.3. The molecule has 8 nitrogen and oxygen atoms in total. The van der Waals surface area contributed by atoms with Gasteiger partial charge in [0.1, 0.15) is 12.2 Å². The molecule has 1 N–H and O–H groups in total. The summed E-state index contributed by atoms with van der Waals surface area (Å²) in [7, 11) is 6.53. The van der Waals surface area contributed by atoms with Crippen LogP contribution in [0.4, 0.5) is 0 Å². The molecule has 0 atom stereocenters. The molecule has 6 aromatic rings. The molecule has 5 heterocycles. The molecule has 0 aliphatic rings. The van der Waals surface area contributed by atoms with E-state index in [1.165, 1.54) is 6.33 Å². The second-order valence-electron chi connectivity index (χ2n) is 8.86. The van der Waals surface area contributed by atoms with E-state index < -0.39 is 0 Å². The number of hydrogen-bond donors (Lipinski definition) is 1. The van der Waals surface area contributed by atoms with E-state index in [-0.39, 0.29) is 0 Å². The number of aromatic nitrogens is 7. The fourth-order valence-corrected chi connectivity index (χ4v) is 4.46. The normalized spacial score (nSPS) is 11.4. The number of pyridine rings is 3. The van der Waals surface area contributed by atoms with E-state index in [1.807, 2.05) is 67.8 Å².